The summed E-state index contributed by atoms with van der Waals surface area (Å²) in [6, 6.07) is 22.7. The van der Waals surface area contributed by atoms with Crippen molar-refractivity contribution in [3.8, 4) is 0 Å². The molecule has 0 unspecified atom stereocenters. The van der Waals surface area contributed by atoms with Gasteiger partial charge in [0, 0.05) is 37.4 Å². The van der Waals surface area contributed by atoms with Gasteiger partial charge in [0.05, 0.1) is 18.5 Å². The number of carbonyl (C=O) groups excluding carboxylic acids is 1. The summed E-state index contributed by atoms with van der Waals surface area (Å²) in [5, 5.41) is 0. The molecule has 0 N–H and O–H groups in total. The van der Waals surface area contributed by atoms with Crippen molar-refractivity contribution in [2.75, 3.05) is 41.6 Å². The molecule has 1 heterocycles. The molecule has 1 fully saturated rings. The summed E-state index contributed by atoms with van der Waals surface area (Å²) in [5.74, 6) is -0.660. The fourth-order valence-electron chi connectivity index (χ4n) is 3.94. The van der Waals surface area contributed by atoms with Gasteiger partial charge in [0.25, 0.3) is 5.91 Å². The van der Waals surface area contributed by atoms with E-state index in [4.69, 9.17) is 0 Å². The first-order valence-electron chi connectivity index (χ1n) is 10.7. The Morgan fingerprint density at radius 3 is 2.09 bits per heavy atom. The van der Waals surface area contributed by atoms with Crippen molar-refractivity contribution in [3.63, 3.8) is 0 Å². The van der Waals surface area contributed by atoms with E-state index in [1.54, 1.807) is 30.3 Å². The van der Waals surface area contributed by atoms with Gasteiger partial charge in [-0.3, -0.25) is 9.10 Å². The Balaban J connectivity index is 1.42. The van der Waals surface area contributed by atoms with E-state index in [0.29, 0.717) is 24.2 Å². The van der Waals surface area contributed by atoms with Gasteiger partial charge in [0.1, 0.15) is 5.82 Å². The highest BCUT2D eigenvalue weighted by atomic mass is 32.2. The minimum absolute atomic E-state index is 0.00330. The third-order valence-corrected chi connectivity index (χ3v) is 6.86. The number of nitrogens with zero attached hydrogens (tertiary/aromatic N) is 3. The van der Waals surface area contributed by atoms with Crippen molar-refractivity contribution in [1.82, 2.24) is 4.90 Å². The van der Waals surface area contributed by atoms with E-state index in [1.165, 1.54) is 18.2 Å². The summed E-state index contributed by atoms with van der Waals surface area (Å²) in [6.45, 7) is 2.76. The van der Waals surface area contributed by atoms with Gasteiger partial charge in [-0.25, -0.2) is 12.8 Å². The molecule has 0 aliphatic carbocycles. The lowest BCUT2D eigenvalue weighted by atomic mass is 10.1. The average Bonchev–Trinajstić information content (AvgIpc) is 2.83. The van der Waals surface area contributed by atoms with Crippen molar-refractivity contribution in [3.05, 3.63) is 95.8 Å². The van der Waals surface area contributed by atoms with Crippen LogP contribution in [0.1, 0.15) is 15.9 Å². The minimum Gasteiger partial charge on any atom is -0.368 e. The molecule has 3 aromatic rings. The Labute approximate surface area is 193 Å². The predicted octanol–water partition coefficient (Wildman–Crippen LogP) is 3.75. The Kier molecular flexibility index (Phi) is 6.65. The summed E-state index contributed by atoms with van der Waals surface area (Å²) in [5.41, 5.74) is 2.36. The molecule has 6 nitrogen and oxygen atoms in total. The van der Waals surface area contributed by atoms with E-state index in [9.17, 15) is 17.6 Å². The molecular formula is C25H26FN3O3S. The van der Waals surface area contributed by atoms with Gasteiger partial charge in [-0.2, -0.15) is 0 Å². The molecule has 1 aliphatic heterocycles. The number of hydrogen-bond acceptors (Lipinski definition) is 4. The Morgan fingerprint density at radius 2 is 1.48 bits per heavy atom. The Bertz CT molecular complexity index is 1210. The summed E-state index contributed by atoms with van der Waals surface area (Å²) in [7, 11) is -3.70. The SMILES string of the molecule is CS(=O)(=O)N(Cc1ccc(C(=O)N2CCN(c3ccccc3)CC2)cc1)c1ccccc1F. The number of anilines is 2. The monoisotopic (exact) mass is 467 g/mol. The number of sulfonamides is 1. The average molecular weight is 468 g/mol. The van der Waals surface area contributed by atoms with E-state index in [-0.39, 0.29) is 18.1 Å². The highest BCUT2D eigenvalue weighted by molar-refractivity contribution is 7.92. The predicted molar refractivity (Wildman–Crippen MR) is 128 cm³/mol. The number of halogens is 1. The van der Waals surface area contributed by atoms with Crippen LogP contribution >= 0.6 is 0 Å². The van der Waals surface area contributed by atoms with Gasteiger partial charge in [-0.1, -0.05) is 42.5 Å². The first kappa shape index (κ1) is 22.8. The molecule has 0 radical (unpaired) electrons. The highest BCUT2D eigenvalue weighted by Gasteiger charge is 2.23. The molecular weight excluding hydrogens is 441 g/mol. The van der Waals surface area contributed by atoms with E-state index in [0.717, 1.165) is 29.3 Å². The van der Waals surface area contributed by atoms with Gasteiger partial charge in [0.2, 0.25) is 10.0 Å². The van der Waals surface area contributed by atoms with Crippen LogP contribution in [0.3, 0.4) is 0 Å². The van der Waals surface area contributed by atoms with Crippen molar-refractivity contribution in [2.24, 2.45) is 0 Å². The second-order valence-electron chi connectivity index (χ2n) is 8.03. The molecule has 0 atom stereocenters. The topological polar surface area (TPSA) is 60.9 Å². The third-order valence-electron chi connectivity index (χ3n) is 5.74. The quantitative estimate of drug-likeness (QED) is 0.554. The number of amides is 1. The van der Waals surface area contributed by atoms with Crippen LogP contribution in [0.5, 0.6) is 0 Å². The standard InChI is InChI=1S/C25H26FN3O3S/c1-33(31,32)29(24-10-6-5-9-23(24)26)19-20-11-13-21(14-12-20)25(30)28-17-15-27(16-18-28)22-7-3-2-4-8-22/h2-14H,15-19H2,1H3. The maximum Gasteiger partial charge on any atom is 0.253 e. The Morgan fingerprint density at radius 1 is 0.879 bits per heavy atom. The number of para-hydroxylation sites is 2. The van der Waals surface area contributed by atoms with Crippen molar-refractivity contribution >= 4 is 27.3 Å². The zero-order valence-electron chi connectivity index (χ0n) is 18.4. The zero-order valence-corrected chi connectivity index (χ0v) is 19.2. The molecule has 3 aromatic carbocycles. The number of rotatable bonds is 6. The van der Waals surface area contributed by atoms with Gasteiger partial charge < -0.3 is 9.80 Å². The number of piperazine rings is 1. The van der Waals surface area contributed by atoms with Gasteiger partial charge in [-0.05, 0) is 42.0 Å². The van der Waals surface area contributed by atoms with Crippen LogP contribution in [-0.2, 0) is 16.6 Å². The summed E-state index contributed by atoms with van der Waals surface area (Å²) >= 11 is 0. The smallest absolute Gasteiger partial charge is 0.253 e. The minimum atomic E-state index is -3.70. The third kappa shape index (κ3) is 5.34. The van der Waals surface area contributed by atoms with Gasteiger partial charge in [-0.15, -0.1) is 0 Å². The summed E-state index contributed by atoms with van der Waals surface area (Å²) in [4.78, 5) is 17.0. The number of benzene rings is 3. The van der Waals surface area contributed by atoms with E-state index in [1.807, 2.05) is 23.1 Å². The first-order valence-corrected chi connectivity index (χ1v) is 12.6. The molecule has 8 heteroatoms. The van der Waals surface area contributed by atoms with E-state index in [2.05, 4.69) is 17.0 Å². The molecule has 0 bridgehead atoms. The molecule has 33 heavy (non-hydrogen) atoms. The van der Waals surface area contributed by atoms with Crippen LogP contribution in [-0.4, -0.2) is 51.7 Å². The molecule has 0 spiro atoms. The summed E-state index contributed by atoms with van der Waals surface area (Å²) in [6.07, 6.45) is 1.05. The lowest BCUT2D eigenvalue weighted by Crippen LogP contribution is -2.48. The van der Waals surface area contributed by atoms with Crippen LogP contribution in [0, 0.1) is 5.82 Å². The Hall–Kier alpha value is -3.39. The lowest BCUT2D eigenvalue weighted by Gasteiger charge is -2.36. The number of hydrogen-bond donors (Lipinski definition) is 0. The van der Waals surface area contributed by atoms with Crippen LogP contribution in [0.2, 0.25) is 0 Å². The van der Waals surface area contributed by atoms with Crippen molar-refractivity contribution < 1.29 is 17.6 Å². The van der Waals surface area contributed by atoms with Crippen molar-refractivity contribution in [2.45, 2.75) is 6.54 Å². The second kappa shape index (κ2) is 9.62. The molecule has 1 aliphatic rings. The normalized spacial score (nSPS) is 14.2. The second-order valence-corrected chi connectivity index (χ2v) is 9.94. The van der Waals surface area contributed by atoms with Gasteiger partial charge >= 0.3 is 0 Å². The van der Waals surface area contributed by atoms with Crippen LogP contribution < -0.4 is 9.21 Å². The highest BCUT2D eigenvalue weighted by Crippen LogP contribution is 2.24. The number of carbonyl (C=O) groups is 1. The van der Waals surface area contributed by atoms with Crippen LogP contribution in [0.15, 0.2) is 78.9 Å². The fourth-order valence-corrected chi connectivity index (χ4v) is 4.83. The first-order chi connectivity index (χ1) is 15.8. The summed E-state index contributed by atoms with van der Waals surface area (Å²) < 4.78 is 39.8. The van der Waals surface area contributed by atoms with Gasteiger partial charge in [0.15, 0.2) is 0 Å². The maximum absolute atomic E-state index is 14.2. The molecule has 4 rings (SSSR count). The van der Waals surface area contributed by atoms with Crippen LogP contribution in [0.4, 0.5) is 15.8 Å². The largest absolute Gasteiger partial charge is 0.368 e. The fraction of sp³-hybridized carbons (Fsp3) is 0.240. The molecule has 1 saturated heterocycles. The van der Waals surface area contributed by atoms with E-state index >= 15 is 0 Å². The van der Waals surface area contributed by atoms with Crippen molar-refractivity contribution in [1.29, 1.82) is 0 Å². The zero-order chi connectivity index (χ0) is 23.4. The molecule has 172 valence electrons. The molecule has 0 aromatic heterocycles. The molecule has 0 saturated carbocycles. The lowest BCUT2D eigenvalue weighted by molar-refractivity contribution is 0.0746. The maximum atomic E-state index is 14.2. The molecule has 1 amide bonds. The van der Waals surface area contributed by atoms with E-state index < -0.39 is 15.8 Å². The van der Waals surface area contributed by atoms with Crippen LogP contribution in [0.25, 0.3) is 0 Å².